The van der Waals surface area contributed by atoms with E-state index in [1.54, 1.807) is 6.20 Å². The lowest BCUT2D eigenvalue weighted by atomic mass is 10.2. The van der Waals surface area contributed by atoms with Crippen LogP contribution in [0.3, 0.4) is 0 Å². The van der Waals surface area contributed by atoms with Crippen LogP contribution in [0.15, 0.2) is 18.5 Å². The standard InChI is InChI=1S/C15H24N4O3S/c1-12(10-18-7-2-6-17-18)16-9-15(20)19(13-3-4-13)14-5-8-23(21,22)11-14/h2,6-7,12-14,16H,3-5,8-11H2,1H3. The van der Waals surface area contributed by atoms with Crippen molar-refractivity contribution in [2.75, 3.05) is 18.1 Å². The first-order valence-corrected chi connectivity index (χ1v) is 9.99. The molecule has 2 fully saturated rings. The summed E-state index contributed by atoms with van der Waals surface area (Å²) in [6.45, 7) is 2.95. The lowest BCUT2D eigenvalue weighted by Gasteiger charge is -2.29. The van der Waals surface area contributed by atoms with Crippen molar-refractivity contribution in [2.24, 2.45) is 0 Å². The van der Waals surface area contributed by atoms with E-state index in [2.05, 4.69) is 10.4 Å². The molecule has 1 saturated heterocycles. The Balaban J connectivity index is 1.53. The molecule has 0 radical (unpaired) electrons. The fourth-order valence-electron chi connectivity index (χ4n) is 3.16. The van der Waals surface area contributed by atoms with Gasteiger partial charge in [-0.1, -0.05) is 0 Å². The molecule has 2 heterocycles. The Morgan fingerprint density at radius 2 is 2.17 bits per heavy atom. The van der Waals surface area contributed by atoms with E-state index in [1.165, 1.54) is 0 Å². The number of nitrogens with zero attached hydrogens (tertiary/aromatic N) is 3. The molecule has 2 unspecified atom stereocenters. The van der Waals surface area contributed by atoms with Gasteiger partial charge in [0.15, 0.2) is 9.84 Å². The Bertz CT molecular complexity index is 640. The highest BCUT2D eigenvalue weighted by atomic mass is 32.2. The van der Waals surface area contributed by atoms with E-state index in [-0.39, 0.29) is 42.1 Å². The summed E-state index contributed by atoms with van der Waals surface area (Å²) < 4.78 is 25.2. The van der Waals surface area contributed by atoms with Gasteiger partial charge in [0, 0.05) is 30.5 Å². The van der Waals surface area contributed by atoms with Crippen LogP contribution in [0, 0.1) is 0 Å². The molecule has 1 saturated carbocycles. The van der Waals surface area contributed by atoms with Gasteiger partial charge in [-0.15, -0.1) is 0 Å². The second kappa shape index (κ2) is 6.60. The number of carbonyl (C=O) groups excluding carboxylic acids is 1. The van der Waals surface area contributed by atoms with Crippen molar-refractivity contribution in [3.05, 3.63) is 18.5 Å². The van der Waals surface area contributed by atoms with Crippen molar-refractivity contribution < 1.29 is 13.2 Å². The highest BCUT2D eigenvalue weighted by Gasteiger charge is 2.41. The van der Waals surface area contributed by atoms with Crippen LogP contribution in [0.2, 0.25) is 0 Å². The highest BCUT2D eigenvalue weighted by Crippen LogP contribution is 2.32. The van der Waals surface area contributed by atoms with Gasteiger partial charge in [0.2, 0.25) is 5.91 Å². The minimum Gasteiger partial charge on any atom is -0.335 e. The van der Waals surface area contributed by atoms with Crippen LogP contribution in [0.25, 0.3) is 0 Å². The summed E-state index contributed by atoms with van der Waals surface area (Å²) in [6.07, 6.45) is 6.18. The van der Waals surface area contributed by atoms with E-state index >= 15 is 0 Å². The van der Waals surface area contributed by atoms with E-state index in [4.69, 9.17) is 0 Å². The summed E-state index contributed by atoms with van der Waals surface area (Å²) in [4.78, 5) is 14.4. The van der Waals surface area contributed by atoms with Crippen LogP contribution < -0.4 is 5.32 Å². The molecule has 1 amide bonds. The van der Waals surface area contributed by atoms with Gasteiger partial charge in [0.1, 0.15) is 0 Å². The lowest BCUT2D eigenvalue weighted by Crippen LogP contribution is -2.48. The van der Waals surface area contributed by atoms with E-state index in [1.807, 2.05) is 28.8 Å². The van der Waals surface area contributed by atoms with E-state index < -0.39 is 9.84 Å². The molecule has 2 aliphatic rings. The molecule has 7 nitrogen and oxygen atoms in total. The SMILES string of the molecule is CC(Cn1cccn1)NCC(=O)N(C1CC1)C1CCS(=O)(=O)C1. The Hall–Kier alpha value is -1.41. The lowest BCUT2D eigenvalue weighted by molar-refractivity contribution is -0.132. The zero-order valence-corrected chi connectivity index (χ0v) is 14.2. The Morgan fingerprint density at radius 3 is 2.74 bits per heavy atom. The van der Waals surface area contributed by atoms with E-state index in [0.717, 1.165) is 12.8 Å². The van der Waals surface area contributed by atoms with Crippen LogP contribution in [-0.4, -0.2) is 65.2 Å². The number of rotatable bonds is 7. The molecular formula is C15H24N4O3S. The van der Waals surface area contributed by atoms with Gasteiger partial charge in [0.25, 0.3) is 0 Å². The minimum atomic E-state index is -2.97. The molecule has 0 spiro atoms. The zero-order valence-electron chi connectivity index (χ0n) is 13.4. The van der Waals surface area contributed by atoms with Gasteiger partial charge in [-0.3, -0.25) is 9.48 Å². The first-order chi connectivity index (χ1) is 10.9. The fourth-order valence-corrected chi connectivity index (χ4v) is 4.87. The average molecular weight is 340 g/mol. The summed E-state index contributed by atoms with van der Waals surface area (Å²) in [6, 6.07) is 2.09. The fraction of sp³-hybridized carbons (Fsp3) is 0.733. The maximum absolute atomic E-state index is 12.6. The maximum Gasteiger partial charge on any atom is 0.237 e. The van der Waals surface area contributed by atoms with Crippen LogP contribution >= 0.6 is 0 Å². The number of hydrogen-bond donors (Lipinski definition) is 1. The smallest absolute Gasteiger partial charge is 0.237 e. The van der Waals surface area contributed by atoms with Gasteiger partial charge >= 0.3 is 0 Å². The molecule has 1 aromatic heterocycles. The zero-order chi connectivity index (χ0) is 16.4. The van der Waals surface area contributed by atoms with Crippen molar-refractivity contribution in [1.82, 2.24) is 20.0 Å². The molecule has 0 aromatic carbocycles. The van der Waals surface area contributed by atoms with Crippen molar-refractivity contribution >= 4 is 15.7 Å². The largest absolute Gasteiger partial charge is 0.335 e. The van der Waals surface area contributed by atoms with Crippen LogP contribution in [-0.2, 0) is 21.2 Å². The Kier molecular flexibility index (Phi) is 4.72. The molecule has 0 bridgehead atoms. The molecule has 2 atom stereocenters. The second-order valence-corrected chi connectivity index (χ2v) is 8.83. The number of nitrogens with one attached hydrogen (secondary N) is 1. The predicted molar refractivity (Wildman–Crippen MR) is 86.6 cm³/mol. The number of aromatic nitrogens is 2. The number of amides is 1. The molecule has 23 heavy (non-hydrogen) atoms. The van der Waals surface area contributed by atoms with Crippen molar-refractivity contribution in [1.29, 1.82) is 0 Å². The normalized spacial score (nSPS) is 24.5. The third-order valence-corrected chi connectivity index (χ3v) is 6.20. The second-order valence-electron chi connectivity index (χ2n) is 6.60. The highest BCUT2D eigenvalue weighted by molar-refractivity contribution is 7.91. The quantitative estimate of drug-likeness (QED) is 0.758. The predicted octanol–water partition coefficient (Wildman–Crippen LogP) is 0.0393. The van der Waals surface area contributed by atoms with Crippen molar-refractivity contribution in [2.45, 2.75) is 50.9 Å². The molecule has 1 aromatic rings. The summed E-state index contributed by atoms with van der Waals surface area (Å²) in [5.41, 5.74) is 0. The van der Waals surface area contributed by atoms with Gasteiger partial charge in [-0.2, -0.15) is 5.10 Å². The first kappa shape index (κ1) is 16.4. The number of hydrogen-bond acceptors (Lipinski definition) is 5. The summed E-state index contributed by atoms with van der Waals surface area (Å²) in [5, 5.41) is 7.38. The number of sulfone groups is 1. The Morgan fingerprint density at radius 1 is 1.39 bits per heavy atom. The molecule has 8 heteroatoms. The van der Waals surface area contributed by atoms with Crippen LogP contribution in [0.5, 0.6) is 0 Å². The molecule has 1 aliphatic carbocycles. The third kappa shape index (κ3) is 4.32. The first-order valence-electron chi connectivity index (χ1n) is 8.17. The topological polar surface area (TPSA) is 84.3 Å². The average Bonchev–Trinajstić information content (AvgIpc) is 3.06. The van der Waals surface area contributed by atoms with Crippen molar-refractivity contribution in [3.8, 4) is 0 Å². The summed E-state index contributed by atoms with van der Waals surface area (Å²) in [5.74, 6) is 0.344. The molecule has 1 aliphatic heterocycles. The Labute approximate surface area is 137 Å². The summed E-state index contributed by atoms with van der Waals surface area (Å²) in [7, 11) is -2.97. The van der Waals surface area contributed by atoms with Gasteiger partial charge in [0.05, 0.1) is 24.6 Å². The number of carbonyl (C=O) groups is 1. The van der Waals surface area contributed by atoms with Crippen LogP contribution in [0.4, 0.5) is 0 Å². The third-order valence-electron chi connectivity index (χ3n) is 4.45. The van der Waals surface area contributed by atoms with E-state index in [0.29, 0.717) is 13.0 Å². The van der Waals surface area contributed by atoms with Crippen LogP contribution in [0.1, 0.15) is 26.2 Å². The minimum absolute atomic E-state index is 0.0157. The summed E-state index contributed by atoms with van der Waals surface area (Å²) >= 11 is 0. The molecule has 1 N–H and O–H groups in total. The molecule has 3 rings (SSSR count). The van der Waals surface area contributed by atoms with Gasteiger partial charge in [-0.25, -0.2) is 8.42 Å². The molecular weight excluding hydrogens is 316 g/mol. The monoisotopic (exact) mass is 340 g/mol. The van der Waals surface area contributed by atoms with E-state index in [9.17, 15) is 13.2 Å². The maximum atomic E-state index is 12.6. The molecule has 128 valence electrons. The van der Waals surface area contributed by atoms with Crippen molar-refractivity contribution in [3.63, 3.8) is 0 Å². The van der Waals surface area contributed by atoms with Gasteiger partial charge in [-0.05, 0) is 32.3 Å². The van der Waals surface area contributed by atoms with Gasteiger partial charge < -0.3 is 10.2 Å².